The van der Waals surface area contributed by atoms with Crippen molar-refractivity contribution in [3.05, 3.63) is 29.6 Å². The molecule has 1 aromatic carbocycles. The number of aliphatic imine (C=N–C) groups is 1. The first kappa shape index (κ1) is 17.3. The van der Waals surface area contributed by atoms with Crippen molar-refractivity contribution in [1.29, 1.82) is 0 Å². The number of nitrogens with zero attached hydrogens (tertiary/aromatic N) is 1. The molecule has 0 radical (unpaired) electrons. The van der Waals surface area contributed by atoms with Gasteiger partial charge in [0.2, 0.25) is 0 Å². The summed E-state index contributed by atoms with van der Waals surface area (Å²) >= 11 is 0. The van der Waals surface area contributed by atoms with Crippen LogP contribution in [0.15, 0.2) is 23.2 Å². The van der Waals surface area contributed by atoms with Crippen LogP contribution < -0.4 is 15.4 Å². The van der Waals surface area contributed by atoms with E-state index in [9.17, 15) is 4.39 Å². The van der Waals surface area contributed by atoms with Gasteiger partial charge in [-0.25, -0.2) is 9.38 Å². The average Bonchev–Trinajstić information content (AvgIpc) is 2.38. The third-order valence-electron chi connectivity index (χ3n) is 2.55. The van der Waals surface area contributed by atoms with Gasteiger partial charge in [0.1, 0.15) is 0 Å². The fourth-order valence-electron chi connectivity index (χ4n) is 1.75. The van der Waals surface area contributed by atoms with Gasteiger partial charge in [0.15, 0.2) is 17.5 Å². The summed E-state index contributed by atoms with van der Waals surface area (Å²) in [6.07, 6.45) is 0. The van der Waals surface area contributed by atoms with E-state index in [1.807, 2.05) is 19.9 Å². The minimum Gasteiger partial charge on any atom is -0.491 e. The first-order valence-electron chi connectivity index (χ1n) is 7.33. The molecule has 4 nitrogen and oxygen atoms in total. The highest BCUT2D eigenvalue weighted by molar-refractivity contribution is 5.80. The van der Waals surface area contributed by atoms with Crippen molar-refractivity contribution in [1.82, 2.24) is 10.6 Å². The lowest BCUT2D eigenvalue weighted by Gasteiger charge is -2.23. The van der Waals surface area contributed by atoms with Gasteiger partial charge in [-0.05, 0) is 52.3 Å². The summed E-state index contributed by atoms with van der Waals surface area (Å²) in [5.41, 5.74) is 0.729. The maximum absolute atomic E-state index is 13.8. The summed E-state index contributed by atoms with van der Waals surface area (Å²) in [5, 5.41) is 6.47. The van der Waals surface area contributed by atoms with Crippen LogP contribution in [0.1, 0.15) is 40.2 Å². The second-order valence-corrected chi connectivity index (χ2v) is 5.77. The smallest absolute Gasteiger partial charge is 0.191 e. The second-order valence-electron chi connectivity index (χ2n) is 5.77. The highest BCUT2D eigenvalue weighted by Gasteiger charge is 2.11. The number of guanidine groups is 1. The number of halogens is 1. The fraction of sp³-hybridized carbons (Fsp3) is 0.562. The van der Waals surface area contributed by atoms with Gasteiger partial charge < -0.3 is 15.4 Å². The Morgan fingerprint density at radius 1 is 1.29 bits per heavy atom. The molecule has 0 aliphatic heterocycles. The number of hydrogen-bond donors (Lipinski definition) is 2. The summed E-state index contributed by atoms with van der Waals surface area (Å²) in [6, 6.07) is 4.95. The SMILES string of the molecule is CCNC(=NCc1ccc(OCC)c(F)c1)NC(C)(C)C. The van der Waals surface area contributed by atoms with Crippen molar-refractivity contribution in [2.24, 2.45) is 4.99 Å². The number of rotatable bonds is 5. The monoisotopic (exact) mass is 295 g/mol. The maximum Gasteiger partial charge on any atom is 0.191 e. The van der Waals surface area contributed by atoms with Crippen molar-refractivity contribution < 1.29 is 9.13 Å². The summed E-state index contributed by atoms with van der Waals surface area (Å²) < 4.78 is 19.0. The van der Waals surface area contributed by atoms with E-state index < -0.39 is 0 Å². The molecule has 0 aromatic heterocycles. The molecule has 0 unspecified atom stereocenters. The molecule has 21 heavy (non-hydrogen) atoms. The van der Waals surface area contributed by atoms with Gasteiger partial charge in [-0.1, -0.05) is 6.07 Å². The third kappa shape index (κ3) is 6.47. The molecular formula is C16H26FN3O. The summed E-state index contributed by atoms with van der Waals surface area (Å²) in [4.78, 5) is 4.47. The Kier molecular flexibility index (Phi) is 6.46. The summed E-state index contributed by atoms with van der Waals surface area (Å²) in [7, 11) is 0. The first-order chi connectivity index (χ1) is 9.85. The molecule has 0 aliphatic rings. The van der Waals surface area contributed by atoms with E-state index in [1.165, 1.54) is 6.07 Å². The van der Waals surface area contributed by atoms with E-state index in [0.717, 1.165) is 18.1 Å². The lowest BCUT2D eigenvalue weighted by Crippen LogP contribution is -2.47. The zero-order valence-corrected chi connectivity index (χ0v) is 13.6. The van der Waals surface area contributed by atoms with Crippen molar-refractivity contribution >= 4 is 5.96 Å². The van der Waals surface area contributed by atoms with Crippen LogP contribution in [0.25, 0.3) is 0 Å². The topological polar surface area (TPSA) is 45.7 Å². The van der Waals surface area contributed by atoms with Crippen molar-refractivity contribution in [2.45, 2.75) is 46.7 Å². The van der Waals surface area contributed by atoms with Gasteiger partial charge in [-0.2, -0.15) is 0 Å². The van der Waals surface area contributed by atoms with Crippen LogP contribution in [0, 0.1) is 5.82 Å². The molecule has 0 amide bonds. The van der Waals surface area contributed by atoms with Gasteiger partial charge in [0.25, 0.3) is 0 Å². The number of hydrogen-bond acceptors (Lipinski definition) is 2. The molecule has 0 fully saturated rings. The van der Waals surface area contributed by atoms with E-state index in [2.05, 4.69) is 36.4 Å². The predicted molar refractivity (Wildman–Crippen MR) is 85.3 cm³/mol. The number of ether oxygens (including phenoxy) is 1. The fourth-order valence-corrected chi connectivity index (χ4v) is 1.75. The molecule has 1 rings (SSSR count). The van der Waals surface area contributed by atoms with Crippen LogP contribution in [-0.2, 0) is 6.54 Å². The summed E-state index contributed by atoms with van der Waals surface area (Å²) in [6.45, 7) is 11.7. The van der Waals surface area contributed by atoms with Gasteiger partial charge in [0, 0.05) is 12.1 Å². The molecule has 0 spiro atoms. The van der Waals surface area contributed by atoms with Gasteiger partial charge in [-0.3, -0.25) is 0 Å². The van der Waals surface area contributed by atoms with E-state index >= 15 is 0 Å². The predicted octanol–water partition coefficient (Wildman–Crippen LogP) is 3.08. The van der Waals surface area contributed by atoms with Crippen LogP contribution in [-0.4, -0.2) is 24.7 Å². The molecule has 1 aromatic rings. The largest absolute Gasteiger partial charge is 0.491 e. The van der Waals surface area contributed by atoms with E-state index in [-0.39, 0.29) is 17.1 Å². The van der Waals surface area contributed by atoms with Gasteiger partial charge in [-0.15, -0.1) is 0 Å². The first-order valence-corrected chi connectivity index (χ1v) is 7.33. The summed E-state index contributed by atoms with van der Waals surface area (Å²) in [5.74, 6) is 0.655. The average molecular weight is 295 g/mol. The van der Waals surface area contributed by atoms with Crippen molar-refractivity contribution in [2.75, 3.05) is 13.2 Å². The Bertz CT molecular complexity index is 481. The van der Waals surface area contributed by atoms with Crippen LogP contribution in [0.4, 0.5) is 4.39 Å². The normalized spacial score (nSPS) is 12.2. The molecule has 0 aliphatic carbocycles. The molecule has 0 atom stereocenters. The van der Waals surface area contributed by atoms with Crippen molar-refractivity contribution in [3.63, 3.8) is 0 Å². The minimum absolute atomic E-state index is 0.0783. The molecule has 0 bridgehead atoms. The van der Waals surface area contributed by atoms with E-state index in [0.29, 0.717) is 13.2 Å². The molecule has 0 saturated carbocycles. The molecular weight excluding hydrogens is 269 g/mol. The Hall–Kier alpha value is -1.78. The lowest BCUT2D eigenvalue weighted by molar-refractivity contribution is 0.321. The van der Waals surface area contributed by atoms with Gasteiger partial charge >= 0.3 is 0 Å². The third-order valence-corrected chi connectivity index (χ3v) is 2.55. The number of benzene rings is 1. The molecule has 2 N–H and O–H groups in total. The molecule has 0 saturated heterocycles. The van der Waals surface area contributed by atoms with E-state index in [4.69, 9.17) is 4.74 Å². The van der Waals surface area contributed by atoms with Crippen LogP contribution >= 0.6 is 0 Å². The van der Waals surface area contributed by atoms with E-state index in [1.54, 1.807) is 6.07 Å². The second kappa shape index (κ2) is 7.86. The molecule has 5 heteroatoms. The number of nitrogens with one attached hydrogen (secondary N) is 2. The van der Waals surface area contributed by atoms with Gasteiger partial charge in [0.05, 0.1) is 13.2 Å². The van der Waals surface area contributed by atoms with Crippen LogP contribution in [0.2, 0.25) is 0 Å². The standard InChI is InChI=1S/C16H26FN3O/c1-6-18-15(20-16(3,4)5)19-11-12-8-9-14(21-7-2)13(17)10-12/h8-10H,6-7,11H2,1-5H3,(H2,18,19,20). The highest BCUT2D eigenvalue weighted by Crippen LogP contribution is 2.18. The quantitative estimate of drug-likeness (QED) is 0.648. The zero-order chi connectivity index (χ0) is 15.9. The molecule has 118 valence electrons. The lowest BCUT2D eigenvalue weighted by atomic mass is 10.1. The minimum atomic E-state index is -0.349. The van der Waals surface area contributed by atoms with Crippen LogP contribution in [0.3, 0.4) is 0 Å². The Labute approximate surface area is 126 Å². The molecule has 0 heterocycles. The Balaban J connectivity index is 2.78. The maximum atomic E-state index is 13.8. The van der Waals surface area contributed by atoms with Crippen molar-refractivity contribution in [3.8, 4) is 5.75 Å². The Morgan fingerprint density at radius 2 is 2.00 bits per heavy atom. The zero-order valence-electron chi connectivity index (χ0n) is 13.6. The Morgan fingerprint density at radius 3 is 2.52 bits per heavy atom. The van der Waals surface area contributed by atoms with Crippen LogP contribution in [0.5, 0.6) is 5.75 Å². The highest BCUT2D eigenvalue weighted by atomic mass is 19.1.